The molecule has 0 radical (unpaired) electrons. The van der Waals surface area contributed by atoms with E-state index in [-0.39, 0.29) is 12.1 Å². The maximum atomic E-state index is 12.3. The first-order valence-electron chi connectivity index (χ1n) is 10.6. The van der Waals surface area contributed by atoms with Gasteiger partial charge in [-0.05, 0) is 48.9 Å². The Morgan fingerprint density at radius 2 is 1.93 bits per heavy atom. The summed E-state index contributed by atoms with van der Waals surface area (Å²) < 4.78 is 17.6. The molecule has 3 aromatic rings. The van der Waals surface area contributed by atoms with Crippen molar-refractivity contribution in [3.05, 3.63) is 77.6 Å². The monoisotopic (exact) mass is 423 g/mol. The van der Waals surface area contributed by atoms with E-state index < -0.39 is 17.1 Å². The minimum absolute atomic E-state index is 0.0442. The largest absolute Gasteiger partial charge is 0.387 e. The molecule has 5 nitrogen and oxygen atoms in total. The number of benzene rings is 2. The number of fused-ring (bicyclic) bond motifs is 1. The van der Waals surface area contributed by atoms with Crippen molar-refractivity contribution in [1.82, 2.24) is 14.5 Å². The zero-order valence-corrected chi connectivity index (χ0v) is 18.3. The van der Waals surface area contributed by atoms with Gasteiger partial charge in [-0.25, -0.2) is 8.93 Å². The van der Waals surface area contributed by atoms with E-state index in [1.54, 1.807) is 6.92 Å². The molecule has 0 amide bonds. The van der Waals surface area contributed by atoms with Crippen LogP contribution in [0.3, 0.4) is 0 Å². The molecule has 2 aromatic carbocycles. The van der Waals surface area contributed by atoms with Crippen molar-refractivity contribution in [3.8, 4) is 11.1 Å². The molecule has 4 rings (SSSR count). The lowest BCUT2D eigenvalue weighted by Gasteiger charge is -2.33. The fraction of sp³-hybridized carbons (Fsp3) is 0.375. The highest BCUT2D eigenvalue weighted by Crippen LogP contribution is 2.31. The van der Waals surface area contributed by atoms with Gasteiger partial charge in [0.05, 0.1) is 28.8 Å². The van der Waals surface area contributed by atoms with Crippen molar-refractivity contribution >= 4 is 11.0 Å². The SMILES string of the molecule is CCS(=O)NC1CCc2cc(C(C)O)nn2C1Cc1cccc(-c2ccccc2)c1. The molecule has 158 valence electrons. The lowest BCUT2D eigenvalue weighted by Crippen LogP contribution is -2.44. The van der Waals surface area contributed by atoms with Crippen LogP contribution in [0.25, 0.3) is 11.1 Å². The maximum absolute atomic E-state index is 12.3. The number of hydrogen-bond acceptors (Lipinski definition) is 3. The maximum Gasteiger partial charge on any atom is 0.0950 e. The van der Waals surface area contributed by atoms with Gasteiger partial charge in [0.25, 0.3) is 0 Å². The normalized spacial score (nSPS) is 20.5. The number of hydrogen-bond donors (Lipinski definition) is 2. The van der Waals surface area contributed by atoms with Crippen LogP contribution in [0, 0.1) is 0 Å². The molecule has 0 aliphatic carbocycles. The third kappa shape index (κ3) is 4.56. The quantitative estimate of drug-likeness (QED) is 0.604. The van der Waals surface area contributed by atoms with Gasteiger partial charge in [0.1, 0.15) is 0 Å². The predicted molar refractivity (Wildman–Crippen MR) is 121 cm³/mol. The Balaban J connectivity index is 1.66. The molecule has 0 saturated carbocycles. The van der Waals surface area contributed by atoms with Crippen LogP contribution < -0.4 is 4.72 Å². The lowest BCUT2D eigenvalue weighted by atomic mass is 9.91. The van der Waals surface area contributed by atoms with Crippen molar-refractivity contribution in [1.29, 1.82) is 0 Å². The van der Waals surface area contributed by atoms with Crippen LogP contribution in [0.2, 0.25) is 0 Å². The fourth-order valence-electron chi connectivity index (χ4n) is 4.17. The molecule has 0 saturated heterocycles. The fourth-order valence-corrected chi connectivity index (χ4v) is 4.95. The second-order valence-electron chi connectivity index (χ2n) is 7.92. The summed E-state index contributed by atoms with van der Waals surface area (Å²) in [5.41, 5.74) is 5.44. The Labute approximate surface area is 180 Å². The highest BCUT2D eigenvalue weighted by molar-refractivity contribution is 7.83. The van der Waals surface area contributed by atoms with Gasteiger partial charge in [-0.3, -0.25) is 4.68 Å². The summed E-state index contributed by atoms with van der Waals surface area (Å²) >= 11 is 0. The van der Waals surface area contributed by atoms with Crippen LogP contribution in [0.15, 0.2) is 60.7 Å². The summed E-state index contributed by atoms with van der Waals surface area (Å²) in [6, 6.07) is 21.1. The third-order valence-corrected chi connectivity index (χ3v) is 6.86. The van der Waals surface area contributed by atoms with E-state index in [9.17, 15) is 9.32 Å². The molecule has 0 bridgehead atoms. The van der Waals surface area contributed by atoms with Gasteiger partial charge in [-0.2, -0.15) is 5.10 Å². The van der Waals surface area contributed by atoms with Crippen molar-refractivity contribution in [2.45, 2.75) is 51.3 Å². The number of aliphatic hydroxyl groups excluding tert-OH is 1. The highest BCUT2D eigenvalue weighted by Gasteiger charge is 2.32. The average molecular weight is 424 g/mol. The van der Waals surface area contributed by atoms with Crippen molar-refractivity contribution in [2.75, 3.05) is 5.75 Å². The standard InChI is InChI=1S/C24H29N3O2S/c1-3-30(29)26-22-13-12-21-16-23(17(2)28)25-27(21)24(22)15-18-8-7-11-20(14-18)19-9-5-4-6-10-19/h4-11,14,16-17,22,24,26,28H,3,12-13,15H2,1-2H3. The molecule has 0 fully saturated rings. The minimum atomic E-state index is -1.06. The predicted octanol–water partition coefficient (Wildman–Crippen LogP) is 3.98. The zero-order chi connectivity index (χ0) is 21.1. The van der Waals surface area contributed by atoms with Gasteiger partial charge in [0, 0.05) is 17.5 Å². The van der Waals surface area contributed by atoms with E-state index in [2.05, 4.69) is 53.3 Å². The van der Waals surface area contributed by atoms with Gasteiger partial charge in [0.2, 0.25) is 0 Å². The molecule has 1 aliphatic heterocycles. The Bertz CT molecular complexity index is 1020. The van der Waals surface area contributed by atoms with Crippen LogP contribution in [-0.2, 0) is 23.8 Å². The number of nitrogens with one attached hydrogen (secondary N) is 1. The summed E-state index contributed by atoms with van der Waals surface area (Å²) in [5, 5.41) is 14.7. The number of nitrogens with zero attached hydrogens (tertiary/aromatic N) is 2. The van der Waals surface area contributed by atoms with Crippen molar-refractivity contribution in [3.63, 3.8) is 0 Å². The molecule has 4 atom stereocenters. The molecular formula is C24H29N3O2S. The van der Waals surface area contributed by atoms with Crippen LogP contribution in [0.4, 0.5) is 0 Å². The minimum Gasteiger partial charge on any atom is -0.387 e. The lowest BCUT2D eigenvalue weighted by molar-refractivity contribution is 0.191. The van der Waals surface area contributed by atoms with E-state index in [1.807, 2.05) is 23.7 Å². The van der Waals surface area contributed by atoms with E-state index in [0.29, 0.717) is 11.4 Å². The zero-order valence-electron chi connectivity index (χ0n) is 17.5. The smallest absolute Gasteiger partial charge is 0.0950 e. The summed E-state index contributed by atoms with van der Waals surface area (Å²) in [7, 11) is -1.06. The topological polar surface area (TPSA) is 67.2 Å². The van der Waals surface area contributed by atoms with E-state index in [1.165, 1.54) is 16.7 Å². The third-order valence-electron chi connectivity index (χ3n) is 5.77. The van der Waals surface area contributed by atoms with Crippen LogP contribution in [0.1, 0.15) is 49.4 Å². The second-order valence-corrected chi connectivity index (χ2v) is 9.42. The van der Waals surface area contributed by atoms with E-state index in [4.69, 9.17) is 5.10 Å². The van der Waals surface area contributed by atoms with E-state index >= 15 is 0 Å². The average Bonchev–Trinajstić information content (AvgIpc) is 3.21. The molecule has 2 heterocycles. The van der Waals surface area contributed by atoms with Gasteiger partial charge >= 0.3 is 0 Å². The van der Waals surface area contributed by atoms with E-state index in [0.717, 1.165) is 25.0 Å². The molecule has 30 heavy (non-hydrogen) atoms. The van der Waals surface area contributed by atoms with Gasteiger partial charge < -0.3 is 5.11 Å². The van der Waals surface area contributed by atoms with Gasteiger partial charge in [0.15, 0.2) is 0 Å². The molecule has 1 aromatic heterocycles. The Hall–Kier alpha value is -2.28. The Morgan fingerprint density at radius 1 is 1.17 bits per heavy atom. The summed E-state index contributed by atoms with van der Waals surface area (Å²) in [6.45, 7) is 3.67. The van der Waals surface area contributed by atoms with Crippen LogP contribution >= 0.6 is 0 Å². The number of rotatable bonds is 7. The first-order chi connectivity index (χ1) is 14.5. The Morgan fingerprint density at radius 3 is 2.67 bits per heavy atom. The summed E-state index contributed by atoms with van der Waals surface area (Å²) in [5.74, 6) is 0.581. The number of aryl methyl sites for hydroxylation is 1. The molecule has 2 N–H and O–H groups in total. The van der Waals surface area contributed by atoms with Crippen molar-refractivity contribution in [2.24, 2.45) is 0 Å². The number of aromatic nitrogens is 2. The summed E-state index contributed by atoms with van der Waals surface area (Å²) in [4.78, 5) is 0. The van der Waals surface area contributed by atoms with Crippen molar-refractivity contribution < 1.29 is 9.32 Å². The molecule has 1 aliphatic rings. The van der Waals surface area contributed by atoms with Gasteiger partial charge in [-0.1, -0.05) is 61.5 Å². The van der Waals surface area contributed by atoms with Crippen LogP contribution in [-0.4, -0.2) is 30.9 Å². The Kier molecular flexibility index (Phi) is 6.46. The second kappa shape index (κ2) is 9.25. The molecular weight excluding hydrogens is 394 g/mol. The molecule has 6 heteroatoms. The molecule has 0 spiro atoms. The first-order valence-corrected chi connectivity index (χ1v) is 11.9. The number of aliphatic hydroxyl groups is 1. The molecule has 4 unspecified atom stereocenters. The first kappa shape index (κ1) is 21.0. The van der Waals surface area contributed by atoms with Gasteiger partial charge in [-0.15, -0.1) is 0 Å². The summed E-state index contributed by atoms with van der Waals surface area (Å²) in [6.07, 6.45) is 1.95. The van der Waals surface area contributed by atoms with Crippen LogP contribution in [0.5, 0.6) is 0 Å². The highest BCUT2D eigenvalue weighted by atomic mass is 32.2.